The highest BCUT2D eigenvalue weighted by Gasteiger charge is 2.58. The zero-order valence-electron chi connectivity index (χ0n) is 34.5. The quantitative estimate of drug-likeness (QED) is 0.169. The van der Waals surface area contributed by atoms with Crippen molar-refractivity contribution in [1.82, 2.24) is 9.13 Å². The minimum atomic E-state index is -0.488. The molecule has 2 atom stereocenters. The van der Waals surface area contributed by atoms with Gasteiger partial charge in [-0.3, -0.25) is 0 Å². The summed E-state index contributed by atoms with van der Waals surface area (Å²) in [5.41, 5.74) is 17.2. The Balaban J connectivity index is 1.14. The van der Waals surface area contributed by atoms with Crippen molar-refractivity contribution in [1.29, 1.82) is 0 Å². The Hall–Kier alpha value is -7.68. The van der Waals surface area contributed by atoms with E-state index in [-0.39, 0.29) is 0 Å². The minimum absolute atomic E-state index is 0.488. The van der Waals surface area contributed by atoms with E-state index in [2.05, 4.69) is 229 Å². The highest BCUT2D eigenvalue weighted by atomic mass is 15.0. The molecule has 0 saturated heterocycles. The van der Waals surface area contributed by atoms with Crippen LogP contribution in [0.15, 0.2) is 206 Å². The van der Waals surface area contributed by atoms with Gasteiger partial charge in [0.05, 0.1) is 33.4 Å². The van der Waals surface area contributed by atoms with E-state index in [1.807, 2.05) is 0 Å². The third-order valence-corrected chi connectivity index (χ3v) is 15.2. The van der Waals surface area contributed by atoms with Gasteiger partial charge in [-0.1, -0.05) is 184 Å². The molecule has 12 aromatic rings. The van der Waals surface area contributed by atoms with Crippen LogP contribution in [-0.4, -0.2) is 9.13 Å². The molecule has 2 heterocycles. The summed E-state index contributed by atoms with van der Waals surface area (Å²) in [6.45, 7) is 5.12. The Morgan fingerprint density at radius 1 is 0.274 bits per heavy atom. The molecule has 10 aromatic carbocycles. The zero-order valence-corrected chi connectivity index (χ0v) is 34.5. The number of hydrogen-bond acceptors (Lipinski definition) is 0. The zero-order chi connectivity index (χ0) is 40.9. The lowest BCUT2D eigenvalue weighted by Crippen LogP contribution is -2.44. The first-order valence-electron chi connectivity index (χ1n) is 21.9. The van der Waals surface area contributed by atoms with E-state index in [0.29, 0.717) is 0 Å². The van der Waals surface area contributed by atoms with Crippen LogP contribution in [0.3, 0.4) is 0 Å². The van der Waals surface area contributed by atoms with E-state index in [4.69, 9.17) is 0 Å². The normalized spacial score (nSPS) is 17.6. The number of benzene rings is 10. The number of aromatic nitrogens is 2. The van der Waals surface area contributed by atoms with Gasteiger partial charge in [0.2, 0.25) is 0 Å². The molecule has 62 heavy (non-hydrogen) atoms. The van der Waals surface area contributed by atoms with E-state index >= 15 is 0 Å². The summed E-state index contributed by atoms with van der Waals surface area (Å²) in [5, 5.41) is 10.2. The molecule has 0 radical (unpaired) electrons. The molecule has 2 aliphatic carbocycles. The molecule has 2 nitrogen and oxygen atoms in total. The van der Waals surface area contributed by atoms with Crippen molar-refractivity contribution in [2.45, 2.75) is 24.7 Å². The van der Waals surface area contributed by atoms with Crippen molar-refractivity contribution in [3.8, 4) is 33.6 Å². The first-order chi connectivity index (χ1) is 30.6. The third-order valence-electron chi connectivity index (χ3n) is 15.2. The number of rotatable bonds is 3. The van der Waals surface area contributed by atoms with Gasteiger partial charge in [-0.2, -0.15) is 0 Å². The van der Waals surface area contributed by atoms with Crippen LogP contribution in [-0.2, 0) is 10.8 Å². The summed E-state index contributed by atoms with van der Waals surface area (Å²) >= 11 is 0. The van der Waals surface area contributed by atoms with Crippen LogP contribution in [0, 0.1) is 0 Å². The summed E-state index contributed by atoms with van der Waals surface area (Å²) in [6.07, 6.45) is 0. The second-order valence-electron chi connectivity index (χ2n) is 17.8. The molecular formula is C60H40N2. The van der Waals surface area contributed by atoms with Gasteiger partial charge in [-0.05, 0) is 91.7 Å². The van der Waals surface area contributed by atoms with Gasteiger partial charge >= 0.3 is 0 Å². The van der Waals surface area contributed by atoms with Crippen molar-refractivity contribution in [3.63, 3.8) is 0 Å². The maximum absolute atomic E-state index is 2.58. The lowest BCUT2D eigenvalue weighted by molar-refractivity contribution is 0.376. The second-order valence-corrected chi connectivity index (χ2v) is 17.8. The summed E-state index contributed by atoms with van der Waals surface area (Å²) in [7, 11) is 0. The standard InChI is InChI=1S/C60H40N2/c1-59(47-29-13-7-27-45(47)57-43-25-5-3-23-41(43)55(35-49(57)59)61-51-31-15-9-19-37(51)38-20-10-16-32-52(38)61)60(2)48-30-14-8-28-46(48)58-44-26-6-4-24-42(44)56(36-50(58)60)62-53-33-17-11-21-39(53)40-22-12-18-34-54(40)62/h3-36H,1-2H3. The Kier molecular flexibility index (Phi) is 6.59. The van der Waals surface area contributed by atoms with Crippen molar-refractivity contribution >= 4 is 65.2 Å². The largest absolute Gasteiger partial charge is 0.309 e. The fourth-order valence-corrected chi connectivity index (χ4v) is 12.5. The molecule has 2 heteroatoms. The van der Waals surface area contributed by atoms with Crippen LogP contribution < -0.4 is 0 Å². The van der Waals surface area contributed by atoms with Crippen LogP contribution >= 0.6 is 0 Å². The van der Waals surface area contributed by atoms with Gasteiger partial charge in [0.1, 0.15) is 0 Å². The molecule has 0 spiro atoms. The van der Waals surface area contributed by atoms with Crippen molar-refractivity contribution in [3.05, 3.63) is 229 Å². The van der Waals surface area contributed by atoms with Crippen LogP contribution in [0.4, 0.5) is 0 Å². The predicted molar refractivity (Wildman–Crippen MR) is 260 cm³/mol. The average Bonchev–Trinajstić information content (AvgIpc) is 4.02. The highest BCUT2D eigenvalue weighted by Crippen LogP contribution is 2.67. The molecule has 0 amide bonds. The van der Waals surface area contributed by atoms with E-state index in [1.165, 1.54) is 121 Å². The smallest absolute Gasteiger partial charge is 0.0544 e. The molecule has 2 aliphatic rings. The predicted octanol–water partition coefficient (Wildman–Crippen LogP) is 15.5. The van der Waals surface area contributed by atoms with Crippen LogP contribution in [0.25, 0.3) is 98.8 Å². The van der Waals surface area contributed by atoms with E-state index in [0.717, 1.165) is 0 Å². The molecule has 0 fully saturated rings. The van der Waals surface area contributed by atoms with Crippen molar-refractivity contribution in [2.24, 2.45) is 0 Å². The van der Waals surface area contributed by atoms with Gasteiger partial charge in [-0.15, -0.1) is 0 Å². The second kappa shape index (κ2) is 12.0. The average molecular weight is 789 g/mol. The SMILES string of the molecule is CC1(C2(C)c3ccccc3-c3c2cc(-n2c4ccccc4c4ccccc42)c2ccccc32)c2ccccc2-c2c1cc(-n1c3ccccc3c3ccccc31)c1ccccc21. The third kappa shape index (κ3) is 4.01. The minimum Gasteiger partial charge on any atom is -0.309 e. The number of nitrogens with zero attached hydrogens (tertiary/aromatic N) is 2. The van der Waals surface area contributed by atoms with E-state index in [1.54, 1.807) is 0 Å². The maximum Gasteiger partial charge on any atom is 0.0544 e. The topological polar surface area (TPSA) is 9.86 Å². The molecule has 0 aliphatic heterocycles. The number of hydrogen-bond donors (Lipinski definition) is 0. The van der Waals surface area contributed by atoms with Crippen molar-refractivity contribution < 1.29 is 0 Å². The first-order valence-corrected chi connectivity index (χ1v) is 21.9. The Labute approximate surface area is 359 Å². The summed E-state index contributed by atoms with van der Waals surface area (Å²) in [4.78, 5) is 0. The highest BCUT2D eigenvalue weighted by molar-refractivity contribution is 6.15. The van der Waals surface area contributed by atoms with Crippen LogP contribution in [0.5, 0.6) is 0 Å². The van der Waals surface area contributed by atoms with Crippen LogP contribution in [0.2, 0.25) is 0 Å². The molecular weight excluding hydrogens is 749 g/mol. The van der Waals surface area contributed by atoms with Crippen molar-refractivity contribution in [2.75, 3.05) is 0 Å². The summed E-state index contributed by atoms with van der Waals surface area (Å²) in [5.74, 6) is 0. The molecule has 2 aromatic heterocycles. The fraction of sp³-hybridized carbons (Fsp3) is 0.0667. The Morgan fingerprint density at radius 3 is 0.903 bits per heavy atom. The van der Waals surface area contributed by atoms with Gasteiger partial charge < -0.3 is 9.13 Å². The molecule has 290 valence electrons. The molecule has 2 unspecified atom stereocenters. The summed E-state index contributed by atoms with van der Waals surface area (Å²) < 4.78 is 5.06. The van der Waals surface area contributed by atoms with Gasteiger partial charge in [-0.25, -0.2) is 0 Å². The number of fused-ring (bicyclic) bond motifs is 16. The lowest BCUT2D eigenvalue weighted by Gasteiger charge is -2.45. The van der Waals surface area contributed by atoms with Gasteiger partial charge in [0, 0.05) is 43.1 Å². The maximum atomic E-state index is 2.58. The fourth-order valence-electron chi connectivity index (χ4n) is 12.5. The molecule has 14 rings (SSSR count). The molecule has 0 bridgehead atoms. The molecule has 0 saturated carbocycles. The van der Waals surface area contributed by atoms with Crippen LogP contribution in [0.1, 0.15) is 36.1 Å². The summed E-state index contributed by atoms with van der Waals surface area (Å²) in [6, 6.07) is 77.6. The lowest BCUT2D eigenvalue weighted by atomic mass is 9.56. The Bertz CT molecular complexity index is 3550. The van der Waals surface area contributed by atoms with E-state index < -0.39 is 10.8 Å². The van der Waals surface area contributed by atoms with Gasteiger partial charge in [0.25, 0.3) is 0 Å². The number of para-hydroxylation sites is 4. The monoisotopic (exact) mass is 788 g/mol. The Morgan fingerprint density at radius 2 is 0.548 bits per heavy atom. The van der Waals surface area contributed by atoms with E-state index in [9.17, 15) is 0 Å². The first kappa shape index (κ1) is 34.1. The molecule has 0 N–H and O–H groups in total. The van der Waals surface area contributed by atoms with Gasteiger partial charge in [0.15, 0.2) is 0 Å².